The molecule has 6 nitrogen and oxygen atoms in total. The highest BCUT2D eigenvalue weighted by Gasteiger charge is 1.81. The van der Waals surface area contributed by atoms with Gasteiger partial charge in [0.2, 0.25) is 0 Å². The zero-order chi connectivity index (χ0) is 12.4. The molecule has 0 atom stereocenters. The molecule has 0 amide bonds. The Kier molecular flexibility index (Phi) is 40.0. The summed E-state index contributed by atoms with van der Waals surface area (Å²) in [6, 6.07) is 0. The first-order valence-electron chi connectivity index (χ1n) is 4.47. The molecule has 0 aromatic carbocycles. The van der Waals surface area contributed by atoms with E-state index in [9.17, 15) is 0 Å². The average Bonchev–Trinajstić information content (AvgIpc) is 2.30. The molecule has 7 heteroatoms. The molecule has 0 unspecified atom stereocenters. The van der Waals surface area contributed by atoms with E-state index in [1.807, 2.05) is 0 Å². The van der Waals surface area contributed by atoms with E-state index >= 15 is 0 Å². The molecular weight excluding hydrogens is 224 g/mol. The summed E-state index contributed by atoms with van der Waals surface area (Å²) in [7, 11) is 0. The molecule has 15 heavy (non-hydrogen) atoms. The van der Waals surface area contributed by atoms with E-state index in [0.29, 0.717) is 0 Å². The minimum absolute atomic E-state index is 0.125. The molecule has 0 aliphatic carbocycles. The van der Waals surface area contributed by atoms with Crippen molar-refractivity contribution in [1.29, 1.82) is 0 Å². The third-order valence-corrected chi connectivity index (χ3v) is 1.61. The van der Waals surface area contributed by atoms with E-state index < -0.39 is 0 Å². The zero-order valence-corrected chi connectivity index (χ0v) is 9.56. The second kappa shape index (κ2) is 29.2. The lowest BCUT2D eigenvalue weighted by Crippen LogP contribution is -1.91. The molecule has 0 heterocycles. The fourth-order valence-electron chi connectivity index (χ4n) is 0.231. The topological polar surface area (TPSA) is 121 Å². The maximum absolute atomic E-state index is 8.19. The molecule has 0 bridgehead atoms. The molecule has 0 aliphatic heterocycles. The maximum atomic E-state index is 8.19. The van der Waals surface area contributed by atoms with E-state index in [4.69, 9.17) is 30.6 Å². The van der Waals surface area contributed by atoms with Crippen LogP contribution in [0.4, 0.5) is 0 Å². The van der Waals surface area contributed by atoms with Crippen LogP contribution in [0.2, 0.25) is 0 Å². The summed E-state index contributed by atoms with van der Waals surface area (Å²) >= 11 is 1.55. The van der Waals surface area contributed by atoms with Crippen molar-refractivity contribution in [3.05, 3.63) is 0 Å². The van der Waals surface area contributed by atoms with E-state index in [0.717, 1.165) is 11.5 Å². The Balaban J connectivity index is -0.000000155. The van der Waals surface area contributed by atoms with E-state index in [-0.39, 0.29) is 39.6 Å². The minimum Gasteiger partial charge on any atom is -0.396 e. The van der Waals surface area contributed by atoms with Crippen LogP contribution in [0, 0.1) is 0 Å². The summed E-state index contributed by atoms with van der Waals surface area (Å²) in [5, 5.41) is 46.9. The lowest BCUT2D eigenvalue weighted by molar-refractivity contribution is 0.186. The smallest absolute Gasteiger partial charge is 0.0662 e. The summed E-state index contributed by atoms with van der Waals surface area (Å²) < 4.78 is 0. The first-order valence-corrected chi connectivity index (χ1v) is 5.63. The predicted molar refractivity (Wildman–Crippen MR) is 59.8 cm³/mol. The summed E-state index contributed by atoms with van der Waals surface area (Å²) in [5.74, 6) is 1.47. The first-order chi connectivity index (χ1) is 7.24. The highest BCUT2D eigenvalue weighted by molar-refractivity contribution is 7.99. The van der Waals surface area contributed by atoms with Gasteiger partial charge in [0.05, 0.1) is 39.6 Å². The minimum atomic E-state index is -0.125. The molecule has 6 N–H and O–H groups in total. The zero-order valence-electron chi connectivity index (χ0n) is 8.75. The first kappa shape index (κ1) is 20.5. The van der Waals surface area contributed by atoms with Crippen molar-refractivity contribution in [2.24, 2.45) is 0 Å². The number of thioether (sulfide) groups is 1. The van der Waals surface area contributed by atoms with Crippen LogP contribution < -0.4 is 0 Å². The third kappa shape index (κ3) is 55.4. The second-order valence-electron chi connectivity index (χ2n) is 1.95. The largest absolute Gasteiger partial charge is 0.396 e. The second-order valence-corrected chi connectivity index (χ2v) is 3.18. The number of hydrogen-bond acceptors (Lipinski definition) is 7. The van der Waals surface area contributed by atoms with Gasteiger partial charge < -0.3 is 30.6 Å². The van der Waals surface area contributed by atoms with Crippen molar-refractivity contribution < 1.29 is 30.6 Å². The molecular formula is C8H22O6S. The third-order valence-electron chi connectivity index (χ3n) is 0.671. The monoisotopic (exact) mass is 246 g/mol. The Morgan fingerprint density at radius 3 is 0.867 bits per heavy atom. The number of hydrogen-bond donors (Lipinski definition) is 6. The molecule has 0 spiro atoms. The Labute approximate surface area is 94.2 Å². The number of aliphatic hydroxyl groups is 6. The van der Waals surface area contributed by atoms with Crippen LogP contribution in [0.3, 0.4) is 0 Å². The predicted octanol–water partition coefficient (Wildman–Crippen LogP) is -2.35. The van der Waals surface area contributed by atoms with Gasteiger partial charge in [0, 0.05) is 11.5 Å². The van der Waals surface area contributed by atoms with Gasteiger partial charge in [0.15, 0.2) is 0 Å². The summed E-state index contributed by atoms with van der Waals surface area (Å²) in [4.78, 5) is 0. The molecule has 0 rings (SSSR count). The highest BCUT2D eigenvalue weighted by atomic mass is 32.2. The van der Waals surface area contributed by atoms with Crippen LogP contribution in [0.5, 0.6) is 0 Å². The van der Waals surface area contributed by atoms with E-state index in [1.54, 1.807) is 11.8 Å². The Morgan fingerprint density at radius 1 is 0.467 bits per heavy atom. The Bertz CT molecular complexity index is 64.2. The standard InChI is InChI=1S/C4H10O2S.2C2H6O2/c5-1-3-7-4-2-6;2*3-1-2-4/h5-6H,1-4H2;2*3-4H,1-2H2. The van der Waals surface area contributed by atoms with Crippen molar-refractivity contribution in [1.82, 2.24) is 0 Å². The summed E-state index contributed by atoms with van der Waals surface area (Å²) in [5.41, 5.74) is 0. The van der Waals surface area contributed by atoms with Gasteiger partial charge in [-0.15, -0.1) is 0 Å². The van der Waals surface area contributed by atoms with Gasteiger partial charge in [-0.25, -0.2) is 0 Å². The van der Waals surface area contributed by atoms with Crippen molar-refractivity contribution in [2.45, 2.75) is 0 Å². The molecule has 0 saturated heterocycles. The van der Waals surface area contributed by atoms with Crippen molar-refractivity contribution in [3.8, 4) is 0 Å². The maximum Gasteiger partial charge on any atom is 0.0662 e. The molecule has 96 valence electrons. The van der Waals surface area contributed by atoms with Crippen molar-refractivity contribution >= 4 is 11.8 Å². The Morgan fingerprint density at radius 2 is 0.733 bits per heavy atom. The molecule has 0 aromatic heterocycles. The van der Waals surface area contributed by atoms with Gasteiger partial charge in [0.25, 0.3) is 0 Å². The van der Waals surface area contributed by atoms with Crippen molar-refractivity contribution in [3.63, 3.8) is 0 Å². The Hall–Kier alpha value is 0.110. The highest BCUT2D eigenvalue weighted by Crippen LogP contribution is 1.94. The number of aliphatic hydroxyl groups excluding tert-OH is 6. The molecule has 0 aromatic rings. The van der Waals surface area contributed by atoms with Gasteiger partial charge in [-0.05, 0) is 0 Å². The van der Waals surface area contributed by atoms with Crippen LogP contribution in [-0.4, -0.2) is 81.8 Å². The van der Waals surface area contributed by atoms with Gasteiger partial charge >= 0.3 is 0 Å². The SMILES string of the molecule is OCCO.OCCO.OCCSCCO. The normalized spacial score (nSPS) is 8.40. The molecule has 0 aliphatic rings. The summed E-state index contributed by atoms with van der Waals surface area (Å²) in [6.07, 6.45) is 0. The van der Waals surface area contributed by atoms with Crippen LogP contribution >= 0.6 is 11.8 Å². The quantitative estimate of drug-likeness (QED) is 0.290. The lowest BCUT2D eigenvalue weighted by Gasteiger charge is -1.90. The summed E-state index contributed by atoms with van der Waals surface area (Å²) in [6.45, 7) is -0.0741. The fourth-order valence-corrected chi connectivity index (χ4v) is 0.693. The van der Waals surface area contributed by atoms with Gasteiger partial charge in [-0.2, -0.15) is 11.8 Å². The van der Waals surface area contributed by atoms with Gasteiger partial charge in [-0.3, -0.25) is 0 Å². The van der Waals surface area contributed by atoms with Crippen LogP contribution in [0.15, 0.2) is 0 Å². The average molecular weight is 246 g/mol. The molecule has 0 fully saturated rings. The van der Waals surface area contributed by atoms with Crippen molar-refractivity contribution in [2.75, 3.05) is 51.1 Å². The molecule has 0 saturated carbocycles. The van der Waals surface area contributed by atoms with Crippen LogP contribution in [-0.2, 0) is 0 Å². The number of rotatable bonds is 6. The van der Waals surface area contributed by atoms with E-state index in [1.165, 1.54) is 0 Å². The van der Waals surface area contributed by atoms with E-state index in [2.05, 4.69) is 0 Å². The fraction of sp³-hybridized carbons (Fsp3) is 1.00. The lowest BCUT2D eigenvalue weighted by atomic mass is 10.8. The van der Waals surface area contributed by atoms with Gasteiger partial charge in [0.1, 0.15) is 0 Å². The van der Waals surface area contributed by atoms with Gasteiger partial charge in [-0.1, -0.05) is 0 Å². The van der Waals surface area contributed by atoms with Crippen LogP contribution in [0.1, 0.15) is 0 Å². The van der Waals surface area contributed by atoms with Crippen LogP contribution in [0.25, 0.3) is 0 Å². The molecule has 0 radical (unpaired) electrons.